The van der Waals surface area contributed by atoms with Crippen LogP contribution >= 0.6 is 11.6 Å². The van der Waals surface area contributed by atoms with Crippen molar-refractivity contribution in [1.82, 2.24) is 14.5 Å². The van der Waals surface area contributed by atoms with Gasteiger partial charge in [-0.25, -0.2) is 8.78 Å². The van der Waals surface area contributed by atoms with Gasteiger partial charge in [-0.3, -0.25) is 19.3 Å². The van der Waals surface area contributed by atoms with Gasteiger partial charge in [0, 0.05) is 24.0 Å². The Bertz CT molecular complexity index is 1180. The molecule has 3 aromatic rings. The van der Waals surface area contributed by atoms with Gasteiger partial charge < -0.3 is 9.84 Å². The minimum atomic E-state index is -0.865. The summed E-state index contributed by atoms with van der Waals surface area (Å²) in [6.45, 7) is 6.51. The van der Waals surface area contributed by atoms with Crippen LogP contribution in [-0.2, 0) is 6.61 Å². The van der Waals surface area contributed by atoms with Crippen molar-refractivity contribution >= 4 is 17.4 Å². The number of nitrogens with zero attached hydrogens (tertiary/aromatic N) is 3. The summed E-state index contributed by atoms with van der Waals surface area (Å²) in [4.78, 5) is 20.6. The Morgan fingerprint density at radius 1 is 1.24 bits per heavy atom. The summed E-state index contributed by atoms with van der Waals surface area (Å²) in [6, 6.07) is 3.72. The van der Waals surface area contributed by atoms with Crippen LogP contribution in [0.5, 0.6) is 5.75 Å². The SMILES string of the molecule is C=C(O)c1cc(-n2c(C)cc(OCc3ncc(F)cc3F)c(Cl)c2=O)c(C)cn1. The highest BCUT2D eigenvalue weighted by molar-refractivity contribution is 6.31. The number of hydrogen-bond donors (Lipinski definition) is 1. The Labute approximate surface area is 169 Å². The summed E-state index contributed by atoms with van der Waals surface area (Å²) in [6.07, 6.45) is 2.37. The van der Waals surface area contributed by atoms with Crippen LogP contribution in [0.25, 0.3) is 11.4 Å². The van der Waals surface area contributed by atoms with E-state index in [1.807, 2.05) is 0 Å². The molecule has 1 N–H and O–H groups in total. The molecule has 0 spiro atoms. The lowest BCUT2D eigenvalue weighted by Gasteiger charge is -2.16. The maximum Gasteiger partial charge on any atom is 0.277 e. The molecule has 0 saturated heterocycles. The summed E-state index contributed by atoms with van der Waals surface area (Å²) in [5.41, 5.74) is 1.13. The first-order valence-electron chi connectivity index (χ1n) is 8.39. The topological polar surface area (TPSA) is 77.2 Å². The minimum absolute atomic E-state index is 0.0365. The van der Waals surface area contributed by atoms with Crippen molar-refractivity contribution in [2.24, 2.45) is 0 Å². The van der Waals surface area contributed by atoms with E-state index in [0.717, 1.165) is 6.20 Å². The average molecular weight is 420 g/mol. The van der Waals surface area contributed by atoms with Crippen LogP contribution < -0.4 is 10.3 Å². The molecule has 150 valence electrons. The van der Waals surface area contributed by atoms with E-state index in [1.54, 1.807) is 13.8 Å². The zero-order chi connectivity index (χ0) is 21.3. The van der Waals surface area contributed by atoms with E-state index in [0.29, 0.717) is 23.0 Å². The largest absolute Gasteiger partial charge is 0.506 e. The number of aliphatic hydroxyl groups excluding tert-OH is 1. The molecular formula is C20H16ClF2N3O3. The number of aryl methyl sites for hydroxylation is 2. The highest BCUT2D eigenvalue weighted by Crippen LogP contribution is 2.26. The third-order valence-corrected chi connectivity index (χ3v) is 4.51. The van der Waals surface area contributed by atoms with E-state index in [1.165, 1.54) is 22.9 Å². The van der Waals surface area contributed by atoms with Crippen molar-refractivity contribution in [2.75, 3.05) is 0 Å². The van der Waals surface area contributed by atoms with Crippen molar-refractivity contribution in [2.45, 2.75) is 20.5 Å². The molecule has 0 saturated carbocycles. The predicted octanol–water partition coefficient (Wildman–Crippen LogP) is 4.28. The highest BCUT2D eigenvalue weighted by Gasteiger charge is 2.17. The zero-order valence-electron chi connectivity index (χ0n) is 15.5. The van der Waals surface area contributed by atoms with Gasteiger partial charge in [-0.05, 0) is 25.5 Å². The Kier molecular flexibility index (Phi) is 5.65. The van der Waals surface area contributed by atoms with Gasteiger partial charge in [0.1, 0.15) is 40.3 Å². The predicted molar refractivity (Wildman–Crippen MR) is 104 cm³/mol. The molecule has 6 nitrogen and oxygen atoms in total. The van der Waals surface area contributed by atoms with Crippen LogP contribution in [0.4, 0.5) is 8.78 Å². The number of hydrogen-bond acceptors (Lipinski definition) is 5. The van der Waals surface area contributed by atoms with E-state index < -0.39 is 17.2 Å². The molecule has 0 aliphatic heterocycles. The standard InChI is InChI=1S/C20H16ClF2N3O3/c1-10-7-24-15(12(3)27)6-17(10)26-11(2)4-18(19(21)20(26)28)29-9-16-14(23)5-13(22)8-25-16/h4-8,27H,3,9H2,1-2H3. The van der Waals surface area contributed by atoms with E-state index in [9.17, 15) is 18.7 Å². The number of aromatic nitrogens is 3. The average Bonchev–Trinajstić information content (AvgIpc) is 2.66. The molecule has 9 heteroatoms. The molecule has 3 heterocycles. The number of halogens is 3. The summed E-state index contributed by atoms with van der Waals surface area (Å²) < 4.78 is 33.5. The van der Waals surface area contributed by atoms with Gasteiger partial charge in [-0.15, -0.1) is 0 Å². The Morgan fingerprint density at radius 3 is 2.62 bits per heavy atom. The summed E-state index contributed by atoms with van der Waals surface area (Å²) in [5.74, 6) is -1.87. The second-order valence-corrected chi connectivity index (χ2v) is 6.66. The molecule has 0 bridgehead atoms. The van der Waals surface area contributed by atoms with Crippen LogP contribution in [0.3, 0.4) is 0 Å². The number of ether oxygens (including phenoxy) is 1. The van der Waals surface area contributed by atoms with Crippen LogP contribution in [0.1, 0.15) is 22.6 Å². The van der Waals surface area contributed by atoms with Gasteiger partial charge in [0.2, 0.25) is 0 Å². The van der Waals surface area contributed by atoms with Crippen molar-refractivity contribution in [3.63, 3.8) is 0 Å². The first-order chi connectivity index (χ1) is 13.7. The van der Waals surface area contributed by atoms with E-state index in [-0.39, 0.29) is 34.5 Å². The second-order valence-electron chi connectivity index (χ2n) is 6.28. The third kappa shape index (κ3) is 4.12. The Morgan fingerprint density at radius 2 is 1.97 bits per heavy atom. The van der Waals surface area contributed by atoms with Crippen LogP contribution in [0.15, 0.2) is 42.0 Å². The first-order valence-corrected chi connectivity index (χ1v) is 8.77. The molecule has 0 aliphatic carbocycles. The van der Waals surface area contributed by atoms with Gasteiger partial charge in [0.05, 0.1) is 11.9 Å². The number of aliphatic hydroxyl groups is 1. The van der Waals surface area contributed by atoms with Crippen LogP contribution in [0, 0.1) is 25.5 Å². The Hall–Kier alpha value is -3.26. The van der Waals surface area contributed by atoms with E-state index in [2.05, 4.69) is 16.5 Å². The monoisotopic (exact) mass is 419 g/mol. The van der Waals surface area contributed by atoms with Gasteiger partial charge >= 0.3 is 0 Å². The molecule has 0 aromatic carbocycles. The molecule has 0 aliphatic rings. The van der Waals surface area contributed by atoms with Crippen LogP contribution in [0.2, 0.25) is 5.02 Å². The molecule has 0 amide bonds. The molecule has 0 radical (unpaired) electrons. The molecule has 3 aromatic heterocycles. The fourth-order valence-electron chi connectivity index (χ4n) is 2.69. The lowest BCUT2D eigenvalue weighted by atomic mass is 10.2. The summed E-state index contributed by atoms with van der Waals surface area (Å²) in [5, 5.41) is 9.37. The van der Waals surface area contributed by atoms with E-state index >= 15 is 0 Å². The second kappa shape index (κ2) is 8.00. The van der Waals surface area contributed by atoms with Gasteiger partial charge in [0.25, 0.3) is 5.56 Å². The lowest BCUT2D eigenvalue weighted by molar-refractivity contribution is 0.292. The van der Waals surface area contributed by atoms with Crippen molar-refractivity contribution in [1.29, 1.82) is 0 Å². The van der Waals surface area contributed by atoms with Gasteiger partial charge in [-0.1, -0.05) is 18.2 Å². The van der Waals surface area contributed by atoms with Crippen molar-refractivity contribution in [3.8, 4) is 11.4 Å². The van der Waals surface area contributed by atoms with Crippen molar-refractivity contribution < 1.29 is 18.6 Å². The summed E-state index contributed by atoms with van der Waals surface area (Å²) in [7, 11) is 0. The van der Waals surface area contributed by atoms with Crippen LogP contribution in [-0.4, -0.2) is 19.6 Å². The maximum atomic E-state index is 13.7. The molecular weight excluding hydrogens is 404 g/mol. The molecule has 0 unspecified atom stereocenters. The number of pyridine rings is 3. The normalized spacial score (nSPS) is 10.8. The smallest absolute Gasteiger partial charge is 0.277 e. The fraction of sp³-hybridized carbons (Fsp3) is 0.150. The first kappa shape index (κ1) is 20.5. The van der Waals surface area contributed by atoms with Crippen molar-refractivity contribution in [3.05, 3.63) is 86.8 Å². The Balaban J connectivity index is 2.00. The summed E-state index contributed by atoms with van der Waals surface area (Å²) >= 11 is 6.19. The fourth-order valence-corrected chi connectivity index (χ4v) is 2.89. The zero-order valence-corrected chi connectivity index (χ0v) is 16.3. The van der Waals surface area contributed by atoms with E-state index in [4.69, 9.17) is 16.3 Å². The third-order valence-electron chi connectivity index (χ3n) is 4.16. The molecule has 29 heavy (non-hydrogen) atoms. The molecule has 3 rings (SSSR count). The number of rotatable bonds is 5. The molecule has 0 atom stereocenters. The maximum absolute atomic E-state index is 13.7. The highest BCUT2D eigenvalue weighted by atomic mass is 35.5. The quantitative estimate of drug-likeness (QED) is 0.624. The lowest BCUT2D eigenvalue weighted by Crippen LogP contribution is -2.23. The minimum Gasteiger partial charge on any atom is -0.506 e. The van der Waals surface area contributed by atoms with Gasteiger partial charge in [-0.2, -0.15) is 0 Å². The van der Waals surface area contributed by atoms with Gasteiger partial charge in [0.15, 0.2) is 5.82 Å². The molecule has 0 fully saturated rings.